The standard InChI is InChI=1S/C9H11N5O3/c1-13-8(16)5-3-14(4-6(5)9(13)17)7(15)2-11-12-10/h5-6H,2-4H2,1H3. The fourth-order valence-electron chi connectivity index (χ4n) is 2.31. The van der Waals surface area contributed by atoms with Gasteiger partial charge in [0.25, 0.3) is 0 Å². The summed E-state index contributed by atoms with van der Waals surface area (Å²) >= 11 is 0. The fourth-order valence-corrected chi connectivity index (χ4v) is 2.31. The molecule has 2 atom stereocenters. The Morgan fingerprint density at radius 1 is 1.41 bits per heavy atom. The van der Waals surface area contributed by atoms with E-state index in [2.05, 4.69) is 10.0 Å². The van der Waals surface area contributed by atoms with Gasteiger partial charge in [0, 0.05) is 25.0 Å². The van der Waals surface area contributed by atoms with Gasteiger partial charge in [0.15, 0.2) is 0 Å². The maximum absolute atomic E-state index is 11.7. The largest absolute Gasteiger partial charge is 0.341 e. The summed E-state index contributed by atoms with van der Waals surface area (Å²) in [5.74, 6) is -1.68. The second-order valence-corrected chi connectivity index (χ2v) is 4.14. The molecule has 90 valence electrons. The zero-order chi connectivity index (χ0) is 12.6. The molecule has 0 N–H and O–H groups in total. The van der Waals surface area contributed by atoms with Crippen molar-refractivity contribution in [1.82, 2.24) is 9.80 Å². The monoisotopic (exact) mass is 237 g/mol. The number of azide groups is 1. The van der Waals surface area contributed by atoms with E-state index in [4.69, 9.17) is 5.53 Å². The van der Waals surface area contributed by atoms with E-state index in [1.54, 1.807) is 0 Å². The van der Waals surface area contributed by atoms with Gasteiger partial charge < -0.3 is 4.90 Å². The summed E-state index contributed by atoms with van der Waals surface area (Å²) in [5.41, 5.74) is 8.11. The lowest BCUT2D eigenvalue weighted by Crippen LogP contribution is -2.37. The Bertz CT molecular complexity index is 418. The molecule has 2 rings (SSSR count). The number of rotatable bonds is 2. The molecule has 0 aliphatic carbocycles. The number of carbonyl (C=O) groups excluding carboxylic acids is 3. The van der Waals surface area contributed by atoms with Gasteiger partial charge in [-0.2, -0.15) is 0 Å². The number of imide groups is 1. The van der Waals surface area contributed by atoms with Gasteiger partial charge in [0.1, 0.15) is 6.54 Å². The Morgan fingerprint density at radius 2 is 1.94 bits per heavy atom. The smallest absolute Gasteiger partial charge is 0.234 e. The van der Waals surface area contributed by atoms with Crippen LogP contribution in [-0.4, -0.2) is 54.2 Å². The first-order valence-corrected chi connectivity index (χ1v) is 5.16. The van der Waals surface area contributed by atoms with Crippen molar-refractivity contribution in [2.45, 2.75) is 0 Å². The van der Waals surface area contributed by atoms with E-state index >= 15 is 0 Å². The average Bonchev–Trinajstić information content (AvgIpc) is 2.84. The molecule has 2 heterocycles. The van der Waals surface area contributed by atoms with Gasteiger partial charge >= 0.3 is 0 Å². The summed E-state index contributed by atoms with van der Waals surface area (Å²) in [4.78, 5) is 39.9. The van der Waals surface area contributed by atoms with Gasteiger partial charge in [-0.25, -0.2) is 0 Å². The highest BCUT2D eigenvalue weighted by molar-refractivity contribution is 6.06. The summed E-state index contributed by atoms with van der Waals surface area (Å²) in [5, 5.41) is 3.17. The maximum atomic E-state index is 11.7. The van der Waals surface area contributed by atoms with Crippen molar-refractivity contribution in [3.05, 3.63) is 10.4 Å². The van der Waals surface area contributed by atoms with Crippen LogP contribution >= 0.6 is 0 Å². The van der Waals surface area contributed by atoms with Gasteiger partial charge in [0.2, 0.25) is 17.7 Å². The first-order valence-electron chi connectivity index (χ1n) is 5.16. The van der Waals surface area contributed by atoms with Crippen molar-refractivity contribution >= 4 is 17.7 Å². The van der Waals surface area contributed by atoms with Crippen molar-refractivity contribution in [1.29, 1.82) is 0 Å². The van der Waals surface area contributed by atoms with E-state index in [9.17, 15) is 14.4 Å². The zero-order valence-electron chi connectivity index (χ0n) is 9.24. The molecule has 0 bridgehead atoms. The van der Waals surface area contributed by atoms with Crippen LogP contribution in [0.15, 0.2) is 5.11 Å². The predicted molar refractivity (Wildman–Crippen MR) is 55.4 cm³/mol. The molecule has 3 amide bonds. The average molecular weight is 237 g/mol. The van der Waals surface area contributed by atoms with E-state index in [0.717, 1.165) is 4.90 Å². The van der Waals surface area contributed by atoms with Crippen LogP contribution in [0.2, 0.25) is 0 Å². The SMILES string of the molecule is CN1C(=O)C2CN(C(=O)CN=[N+]=[N-])CC2C1=O. The number of likely N-dealkylation sites (tertiary alicyclic amines) is 2. The minimum absolute atomic E-state index is 0.235. The summed E-state index contributed by atoms with van der Waals surface area (Å²) in [6.07, 6.45) is 0. The molecule has 2 saturated heterocycles. The molecule has 17 heavy (non-hydrogen) atoms. The molecule has 0 spiro atoms. The van der Waals surface area contributed by atoms with Crippen LogP contribution in [0, 0.1) is 11.8 Å². The lowest BCUT2D eigenvalue weighted by Gasteiger charge is -2.17. The maximum Gasteiger partial charge on any atom is 0.234 e. The second-order valence-electron chi connectivity index (χ2n) is 4.14. The molecule has 2 unspecified atom stereocenters. The Morgan fingerprint density at radius 3 is 2.41 bits per heavy atom. The van der Waals surface area contributed by atoms with Gasteiger partial charge in [-0.3, -0.25) is 19.3 Å². The summed E-state index contributed by atoms with van der Waals surface area (Å²) in [7, 11) is 1.45. The summed E-state index contributed by atoms with van der Waals surface area (Å²) < 4.78 is 0. The van der Waals surface area contributed by atoms with Crippen LogP contribution in [0.5, 0.6) is 0 Å². The highest BCUT2D eigenvalue weighted by Gasteiger charge is 2.51. The lowest BCUT2D eigenvalue weighted by atomic mass is 10.00. The Kier molecular flexibility index (Phi) is 2.72. The van der Waals surface area contributed by atoms with Crippen molar-refractivity contribution in [3.63, 3.8) is 0 Å². The second kappa shape index (κ2) is 4.06. The normalized spacial score (nSPS) is 27.1. The molecular formula is C9H11N5O3. The molecule has 0 saturated carbocycles. The van der Waals surface area contributed by atoms with Crippen molar-refractivity contribution in [2.75, 3.05) is 26.7 Å². The number of hydrogen-bond acceptors (Lipinski definition) is 4. The molecule has 0 aromatic carbocycles. The Labute approximate surface area is 96.8 Å². The van der Waals surface area contributed by atoms with Crippen molar-refractivity contribution < 1.29 is 14.4 Å². The number of carbonyl (C=O) groups is 3. The quantitative estimate of drug-likeness (QED) is 0.276. The van der Waals surface area contributed by atoms with Crippen LogP contribution in [0.25, 0.3) is 10.4 Å². The van der Waals surface area contributed by atoms with Crippen LogP contribution in [0.1, 0.15) is 0 Å². The molecule has 0 aromatic heterocycles. The molecule has 8 heteroatoms. The van der Waals surface area contributed by atoms with Crippen LogP contribution < -0.4 is 0 Å². The molecule has 8 nitrogen and oxygen atoms in total. The van der Waals surface area contributed by atoms with Crippen LogP contribution in [0.4, 0.5) is 0 Å². The highest BCUT2D eigenvalue weighted by atomic mass is 16.2. The molecule has 0 radical (unpaired) electrons. The zero-order valence-corrected chi connectivity index (χ0v) is 9.24. The third-order valence-corrected chi connectivity index (χ3v) is 3.24. The van der Waals surface area contributed by atoms with E-state index in [1.807, 2.05) is 0 Å². The number of nitrogens with zero attached hydrogens (tertiary/aromatic N) is 5. The number of fused-ring (bicyclic) bond motifs is 1. The van der Waals surface area contributed by atoms with E-state index in [1.165, 1.54) is 11.9 Å². The highest BCUT2D eigenvalue weighted by Crippen LogP contribution is 2.32. The van der Waals surface area contributed by atoms with Gasteiger partial charge in [0.05, 0.1) is 11.8 Å². The summed E-state index contributed by atoms with van der Waals surface area (Å²) in [6, 6.07) is 0. The summed E-state index contributed by atoms with van der Waals surface area (Å²) in [6.45, 7) is 0.201. The predicted octanol–water partition coefficient (Wildman–Crippen LogP) is -0.630. The van der Waals surface area contributed by atoms with E-state index < -0.39 is 11.8 Å². The minimum Gasteiger partial charge on any atom is -0.341 e. The lowest BCUT2D eigenvalue weighted by molar-refractivity contribution is -0.139. The molecule has 0 aromatic rings. The van der Waals surface area contributed by atoms with Gasteiger partial charge in [-0.15, -0.1) is 0 Å². The van der Waals surface area contributed by atoms with Gasteiger partial charge in [-0.05, 0) is 5.53 Å². The fraction of sp³-hybridized carbons (Fsp3) is 0.667. The molecule has 2 fully saturated rings. The van der Waals surface area contributed by atoms with Crippen LogP contribution in [0.3, 0.4) is 0 Å². The first kappa shape index (κ1) is 11.4. The third-order valence-electron chi connectivity index (χ3n) is 3.24. The third kappa shape index (κ3) is 1.72. The van der Waals surface area contributed by atoms with E-state index in [-0.39, 0.29) is 37.4 Å². The van der Waals surface area contributed by atoms with Crippen molar-refractivity contribution in [3.8, 4) is 0 Å². The number of amides is 3. The van der Waals surface area contributed by atoms with Crippen LogP contribution in [-0.2, 0) is 14.4 Å². The minimum atomic E-state index is -0.428. The molecular weight excluding hydrogens is 226 g/mol. The molecule has 2 aliphatic heterocycles. The molecule has 2 aliphatic rings. The first-order chi connectivity index (χ1) is 8.06. The topological polar surface area (TPSA) is 106 Å². The number of hydrogen-bond donors (Lipinski definition) is 0. The van der Waals surface area contributed by atoms with Gasteiger partial charge in [-0.1, -0.05) is 5.11 Å². The van der Waals surface area contributed by atoms with E-state index in [0.29, 0.717) is 0 Å². The Hall–Kier alpha value is -2.08. The van der Waals surface area contributed by atoms with Crippen molar-refractivity contribution in [2.24, 2.45) is 17.0 Å². The Balaban J connectivity index is 2.06.